The van der Waals surface area contributed by atoms with Gasteiger partial charge in [-0.1, -0.05) is 77.9 Å². The van der Waals surface area contributed by atoms with Crippen LogP contribution in [-0.2, 0) is 20.9 Å². The molecule has 3 N–H and O–H groups in total. The molecular weight excluding hydrogens is 472 g/mol. The molecule has 1 aromatic carbocycles. The molecule has 3 amide bonds. The van der Waals surface area contributed by atoms with Gasteiger partial charge in [0.2, 0.25) is 17.7 Å². The minimum absolute atomic E-state index is 0.0515. The van der Waals surface area contributed by atoms with Gasteiger partial charge in [0.15, 0.2) is 0 Å². The van der Waals surface area contributed by atoms with Crippen LogP contribution in [0.15, 0.2) is 35.1 Å². The Kier molecular flexibility index (Phi) is 12.5. The molecule has 1 aliphatic rings. The number of nitrogens with zero attached hydrogens (tertiary/aromatic N) is 2. The van der Waals surface area contributed by atoms with Gasteiger partial charge in [0.05, 0.1) is 11.8 Å². The van der Waals surface area contributed by atoms with Crippen molar-refractivity contribution in [3.05, 3.63) is 41.8 Å². The summed E-state index contributed by atoms with van der Waals surface area (Å²) in [5, 5.41) is 19.6. The van der Waals surface area contributed by atoms with Crippen molar-refractivity contribution in [2.24, 2.45) is 5.41 Å². The summed E-state index contributed by atoms with van der Waals surface area (Å²) in [7, 11) is 0. The van der Waals surface area contributed by atoms with E-state index in [9.17, 15) is 19.5 Å². The highest BCUT2D eigenvalue weighted by Gasteiger charge is 2.44. The van der Waals surface area contributed by atoms with Gasteiger partial charge in [-0.25, -0.2) is 0 Å². The molecule has 9 nitrogen and oxygen atoms in total. The number of likely N-dealkylation sites (tertiary alicyclic amines) is 1. The van der Waals surface area contributed by atoms with Crippen LogP contribution < -0.4 is 10.6 Å². The maximum Gasteiger partial charge on any atom is 0.246 e. The molecular formula is C28H44N4O5. The number of hydrogen-bond donors (Lipinski definition) is 3. The van der Waals surface area contributed by atoms with Crippen LogP contribution in [0.5, 0.6) is 0 Å². The molecule has 2 aromatic rings. The molecule has 1 aromatic heterocycles. The Morgan fingerprint density at radius 1 is 1.14 bits per heavy atom. The number of aromatic nitrogens is 1. The molecule has 206 valence electrons. The highest BCUT2D eigenvalue weighted by molar-refractivity contribution is 5.92. The summed E-state index contributed by atoms with van der Waals surface area (Å²) < 4.78 is 4.98. The van der Waals surface area contributed by atoms with Gasteiger partial charge in [-0.15, -0.1) is 0 Å². The van der Waals surface area contributed by atoms with E-state index in [1.54, 1.807) is 6.26 Å². The summed E-state index contributed by atoms with van der Waals surface area (Å²) in [6.45, 7) is 17.1. The first-order valence-corrected chi connectivity index (χ1v) is 13.0. The zero-order valence-electron chi connectivity index (χ0n) is 23.7. The van der Waals surface area contributed by atoms with Crippen molar-refractivity contribution in [2.75, 3.05) is 6.54 Å². The lowest BCUT2D eigenvalue weighted by Gasteiger charge is -2.35. The summed E-state index contributed by atoms with van der Waals surface area (Å²) in [5.41, 5.74) is 3.01. The first-order chi connectivity index (χ1) is 17.5. The van der Waals surface area contributed by atoms with E-state index in [1.807, 2.05) is 79.7 Å². The fraction of sp³-hybridized carbons (Fsp3) is 0.571. The van der Waals surface area contributed by atoms with Crippen molar-refractivity contribution >= 4 is 17.7 Å². The van der Waals surface area contributed by atoms with Crippen molar-refractivity contribution in [2.45, 2.75) is 93.5 Å². The number of β-amino-alcohol motifs (C(OH)–C–C–N with tert-alkyl or cyclic N) is 1. The van der Waals surface area contributed by atoms with Gasteiger partial charge in [-0.2, -0.15) is 0 Å². The molecule has 3 atom stereocenters. The summed E-state index contributed by atoms with van der Waals surface area (Å²) >= 11 is 0. The smallest absolute Gasteiger partial charge is 0.246 e. The van der Waals surface area contributed by atoms with Gasteiger partial charge in [-0.3, -0.25) is 14.4 Å². The van der Waals surface area contributed by atoms with E-state index >= 15 is 0 Å². The van der Waals surface area contributed by atoms with Gasteiger partial charge in [0.1, 0.15) is 18.3 Å². The quantitative estimate of drug-likeness (QED) is 0.536. The van der Waals surface area contributed by atoms with E-state index in [2.05, 4.69) is 15.8 Å². The van der Waals surface area contributed by atoms with Crippen LogP contribution in [0.3, 0.4) is 0 Å². The van der Waals surface area contributed by atoms with Gasteiger partial charge in [-0.05, 0) is 23.5 Å². The monoisotopic (exact) mass is 516 g/mol. The predicted molar refractivity (Wildman–Crippen MR) is 144 cm³/mol. The molecule has 1 fully saturated rings. The number of benzene rings is 1. The minimum Gasteiger partial charge on any atom is -0.391 e. The Morgan fingerprint density at radius 2 is 1.73 bits per heavy atom. The van der Waals surface area contributed by atoms with Gasteiger partial charge in [0, 0.05) is 32.0 Å². The minimum atomic E-state index is -0.802. The van der Waals surface area contributed by atoms with Gasteiger partial charge in [0.25, 0.3) is 0 Å². The first kappa shape index (κ1) is 31.8. The molecule has 0 saturated carbocycles. The van der Waals surface area contributed by atoms with Crippen LogP contribution in [0.2, 0.25) is 0 Å². The maximum absolute atomic E-state index is 13.2. The zero-order chi connectivity index (χ0) is 28.3. The van der Waals surface area contributed by atoms with Crippen LogP contribution in [0, 0.1) is 12.3 Å². The van der Waals surface area contributed by atoms with Crippen molar-refractivity contribution in [1.82, 2.24) is 20.7 Å². The Labute approximate surface area is 221 Å². The molecule has 0 spiro atoms. The largest absolute Gasteiger partial charge is 0.391 e. The SMILES string of the molecule is CC.CC.CC(=O)NC(C(=O)N1CC(O)CC1C(=O)NCc1ccc(-c2conc2C)cc1)C(C)(C)C. The third-order valence-electron chi connectivity index (χ3n) is 5.81. The number of carbonyl (C=O) groups is 3. The van der Waals surface area contributed by atoms with E-state index in [0.29, 0.717) is 0 Å². The number of aliphatic hydroxyl groups excluding tert-OH is 1. The number of hydrogen-bond acceptors (Lipinski definition) is 6. The summed E-state index contributed by atoms with van der Waals surface area (Å²) in [6.07, 6.45) is 0.948. The third-order valence-corrected chi connectivity index (χ3v) is 5.81. The van der Waals surface area contributed by atoms with Crippen LogP contribution in [0.4, 0.5) is 0 Å². The van der Waals surface area contributed by atoms with Crippen LogP contribution in [0.1, 0.15) is 73.1 Å². The number of aryl methyl sites for hydroxylation is 1. The van der Waals surface area contributed by atoms with E-state index < -0.39 is 23.6 Å². The third kappa shape index (κ3) is 8.70. The molecule has 37 heavy (non-hydrogen) atoms. The van der Waals surface area contributed by atoms with Crippen LogP contribution >= 0.6 is 0 Å². The highest BCUT2D eigenvalue weighted by Crippen LogP contribution is 2.26. The lowest BCUT2D eigenvalue weighted by Crippen LogP contribution is -2.57. The predicted octanol–water partition coefficient (Wildman–Crippen LogP) is 3.83. The molecule has 3 unspecified atom stereocenters. The average Bonchev–Trinajstić information content (AvgIpc) is 3.48. The zero-order valence-corrected chi connectivity index (χ0v) is 23.7. The van der Waals surface area contributed by atoms with Crippen molar-refractivity contribution < 1.29 is 24.0 Å². The molecule has 0 aliphatic carbocycles. The molecule has 1 aliphatic heterocycles. The Bertz CT molecular complexity index is 1010. The summed E-state index contributed by atoms with van der Waals surface area (Å²) in [5.74, 6) is -1.04. The lowest BCUT2D eigenvalue weighted by atomic mass is 9.85. The fourth-order valence-electron chi connectivity index (χ4n) is 4.00. The molecule has 0 bridgehead atoms. The normalized spacial score (nSPS) is 17.5. The van der Waals surface area contributed by atoms with Crippen molar-refractivity contribution in [3.63, 3.8) is 0 Å². The molecule has 0 radical (unpaired) electrons. The molecule has 9 heteroatoms. The number of amides is 3. The van der Waals surface area contributed by atoms with Crippen molar-refractivity contribution in [3.8, 4) is 11.1 Å². The standard InChI is InChI=1S/C24H32N4O5.2C2H6/c1-14-19(13-33-27-14)17-8-6-16(7-9-17)11-25-22(31)20-10-18(30)12-28(20)23(32)21(24(3,4)5)26-15(2)29;2*1-2/h6-9,13,18,20-21,30H,10-12H2,1-5H3,(H,25,31)(H,26,29);2*1-2H3. The number of nitrogens with one attached hydrogen (secondary N) is 2. The highest BCUT2D eigenvalue weighted by atomic mass is 16.5. The molecule has 3 rings (SSSR count). The van der Waals surface area contributed by atoms with E-state index in [4.69, 9.17) is 4.52 Å². The van der Waals surface area contributed by atoms with E-state index in [1.165, 1.54) is 11.8 Å². The number of rotatable bonds is 6. The van der Waals surface area contributed by atoms with Crippen LogP contribution in [-0.4, -0.2) is 57.6 Å². The second-order valence-electron chi connectivity index (χ2n) is 9.62. The Hall–Kier alpha value is -3.20. The Morgan fingerprint density at radius 3 is 2.22 bits per heavy atom. The first-order valence-electron chi connectivity index (χ1n) is 13.0. The maximum atomic E-state index is 13.2. The second-order valence-corrected chi connectivity index (χ2v) is 9.62. The van der Waals surface area contributed by atoms with Crippen LogP contribution in [0.25, 0.3) is 11.1 Å². The topological polar surface area (TPSA) is 125 Å². The molecule has 2 heterocycles. The van der Waals surface area contributed by atoms with Crippen molar-refractivity contribution in [1.29, 1.82) is 0 Å². The van der Waals surface area contributed by atoms with E-state index in [-0.39, 0.29) is 37.2 Å². The van der Waals surface area contributed by atoms with Gasteiger partial charge >= 0.3 is 0 Å². The van der Waals surface area contributed by atoms with Gasteiger partial charge < -0.3 is 25.2 Å². The van der Waals surface area contributed by atoms with E-state index in [0.717, 1.165) is 22.4 Å². The fourth-order valence-corrected chi connectivity index (χ4v) is 4.00. The Balaban J connectivity index is 0.00000163. The average molecular weight is 517 g/mol. The lowest BCUT2D eigenvalue weighted by molar-refractivity contribution is -0.143. The summed E-state index contributed by atoms with van der Waals surface area (Å²) in [4.78, 5) is 39.2. The summed E-state index contributed by atoms with van der Waals surface area (Å²) in [6, 6.07) is 6.06. The molecule has 1 saturated heterocycles. The second kappa shape index (κ2) is 14.5. The number of aliphatic hydroxyl groups is 1. The number of carbonyl (C=O) groups excluding carboxylic acids is 3.